The molecule has 3 amide bonds. The van der Waals surface area contributed by atoms with Crippen LogP contribution in [0.3, 0.4) is 0 Å². The SMILES string of the molecule is Cc1cc(C)c(-c2csc(NC(=O)CN3C(=O)C4CC=CCC4C3=O)n2)c(C)c1. The number of nitrogens with zero attached hydrogens (tertiary/aromatic N) is 2. The van der Waals surface area contributed by atoms with Crippen LogP contribution < -0.4 is 5.32 Å². The minimum absolute atomic E-state index is 0.245. The van der Waals surface area contributed by atoms with E-state index in [0.29, 0.717) is 18.0 Å². The second kappa shape index (κ2) is 7.55. The first-order valence-corrected chi connectivity index (χ1v) is 10.6. The number of fused-ring (bicyclic) bond motifs is 1. The number of thiazole rings is 1. The van der Waals surface area contributed by atoms with Gasteiger partial charge in [0.2, 0.25) is 17.7 Å². The van der Waals surface area contributed by atoms with Gasteiger partial charge < -0.3 is 5.32 Å². The van der Waals surface area contributed by atoms with Gasteiger partial charge in [0, 0.05) is 10.9 Å². The lowest BCUT2D eigenvalue weighted by molar-refractivity contribution is -0.142. The fourth-order valence-corrected chi connectivity index (χ4v) is 5.07. The molecular formula is C22H23N3O3S. The highest BCUT2D eigenvalue weighted by Crippen LogP contribution is 2.35. The average Bonchev–Trinajstić information content (AvgIpc) is 3.20. The third-order valence-corrected chi connectivity index (χ3v) is 6.34. The number of hydrogen-bond acceptors (Lipinski definition) is 5. The van der Waals surface area contributed by atoms with Crippen LogP contribution in [0, 0.1) is 32.6 Å². The lowest BCUT2D eigenvalue weighted by Gasteiger charge is -2.14. The summed E-state index contributed by atoms with van der Waals surface area (Å²) in [5.41, 5.74) is 5.34. The molecule has 1 saturated heterocycles. The molecule has 2 aromatic rings. The van der Waals surface area contributed by atoms with Crippen LogP contribution in [0.4, 0.5) is 5.13 Å². The van der Waals surface area contributed by atoms with Crippen molar-refractivity contribution in [3.8, 4) is 11.3 Å². The van der Waals surface area contributed by atoms with E-state index in [0.717, 1.165) is 27.3 Å². The van der Waals surface area contributed by atoms with Crippen LogP contribution in [0.5, 0.6) is 0 Å². The second-order valence-corrected chi connectivity index (χ2v) is 8.64. The van der Waals surface area contributed by atoms with E-state index in [-0.39, 0.29) is 30.2 Å². The van der Waals surface area contributed by atoms with Gasteiger partial charge in [-0.3, -0.25) is 19.3 Å². The van der Waals surface area contributed by atoms with Gasteiger partial charge in [0.05, 0.1) is 17.5 Å². The minimum atomic E-state index is -0.406. The van der Waals surface area contributed by atoms with E-state index in [9.17, 15) is 14.4 Å². The predicted octanol–water partition coefficient (Wildman–Crippen LogP) is 3.63. The fraction of sp³-hybridized carbons (Fsp3) is 0.364. The molecule has 2 unspecified atom stereocenters. The van der Waals surface area contributed by atoms with Crippen molar-refractivity contribution in [2.24, 2.45) is 11.8 Å². The number of amides is 3. The first kappa shape index (κ1) is 19.5. The van der Waals surface area contributed by atoms with Crippen LogP contribution in [0.2, 0.25) is 0 Å². The van der Waals surface area contributed by atoms with Gasteiger partial charge in [-0.25, -0.2) is 4.98 Å². The standard InChI is InChI=1S/C22H23N3O3S/c1-12-8-13(2)19(14(3)9-12)17-11-29-22(23-17)24-18(26)10-25-20(27)15-6-4-5-7-16(15)21(25)28/h4-5,8-9,11,15-16H,6-7,10H2,1-3H3,(H,23,24,26). The molecule has 1 aliphatic carbocycles. The van der Waals surface area contributed by atoms with Crippen molar-refractivity contribution < 1.29 is 14.4 Å². The van der Waals surface area contributed by atoms with E-state index >= 15 is 0 Å². The number of carbonyl (C=O) groups excluding carboxylic acids is 3. The van der Waals surface area contributed by atoms with E-state index in [1.165, 1.54) is 16.9 Å². The summed E-state index contributed by atoms with van der Waals surface area (Å²) < 4.78 is 0. The van der Waals surface area contributed by atoms with Crippen LogP contribution in [-0.2, 0) is 14.4 Å². The highest BCUT2D eigenvalue weighted by atomic mass is 32.1. The lowest BCUT2D eigenvalue weighted by Crippen LogP contribution is -2.38. The molecule has 2 atom stereocenters. The molecule has 0 spiro atoms. The zero-order valence-electron chi connectivity index (χ0n) is 16.7. The molecule has 1 fully saturated rings. The Balaban J connectivity index is 1.45. The summed E-state index contributed by atoms with van der Waals surface area (Å²) in [7, 11) is 0. The van der Waals surface area contributed by atoms with E-state index in [2.05, 4.69) is 29.4 Å². The molecule has 150 valence electrons. The summed E-state index contributed by atoms with van der Waals surface area (Å²) in [6.07, 6.45) is 5.00. The molecule has 0 saturated carbocycles. The van der Waals surface area contributed by atoms with Crippen molar-refractivity contribution in [3.63, 3.8) is 0 Å². The quantitative estimate of drug-likeness (QED) is 0.618. The van der Waals surface area contributed by atoms with E-state index in [1.54, 1.807) is 0 Å². The van der Waals surface area contributed by atoms with Gasteiger partial charge in [-0.2, -0.15) is 0 Å². The number of hydrogen-bond donors (Lipinski definition) is 1. The number of carbonyl (C=O) groups is 3. The van der Waals surface area contributed by atoms with Crippen molar-refractivity contribution in [1.82, 2.24) is 9.88 Å². The molecule has 1 aromatic heterocycles. The number of benzene rings is 1. The lowest BCUT2D eigenvalue weighted by atomic mass is 9.85. The number of aromatic nitrogens is 1. The van der Waals surface area contributed by atoms with Crippen LogP contribution in [0.15, 0.2) is 29.7 Å². The zero-order chi connectivity index (χ0) is 20.7. The smallest absolute Gasteiger partial charge is 0.246 e. The van der Waals surface area contributed by atoms with Crippen molar-refractivity contribution in [2.45, 2.75) is 33.6 Å². The second-order valence-electron chi connectivity index (χ2n) is 7.78. The molecular weight excluding hydrogens is 386 g/mol. The molecule has 1 aliphatic heterocycles. The predicted molar refractivity (Wildman–Crippen MR) is 112 cm³/mol. The number of likely N-dealkylation sites (tertiary alicyclic amines) is 1. The molecule has 7 heteroatoms. The van der Waals surface area contributed by atoms with Crippen LogP contribution >= 0.6 is 11.3 Å². The van der Waals surface area contributed by atoms with Crippen molar-refractivity contribution in [2.75, 3.05) is 11.9 Å². The number of rotatable bonds is 4. The molecule has 2 heterocycles. The topological polar surface area (TPSA) is 79.4 Å². The molecule has 2 aliphatic rings. The third-order valence-electron chi connectivity index (χ3n) is 5.58. The average molecular weight is 410 g/mol. The van der Waals surface area contributed by atoms with Gasteiger partial charge in [0.15, 0.2) is 5.13 Å². The maximum atomic E-state index is 12.5. The van der Waals surface area contributed by atoms with E-state index in [1.807, 2.05) is 31.4 Å². The van der Waals surface area contributed by atoms with Gasteiger partial charge >= 0.3 is 0 Å². The number of allylic oxidation sites excluding steroid dienone is 2. The molecule has 4 rings (SSSR count). The Kier molecular flexibility index (Phi) is 5.08. The third kappa shape index (κ3) is 3.62. The summed E-state index contributed by atoms with van der Waals surface area (Å²) in [6.45, 7) is 5.89. The minimum Gasteiger partial charge on any atom is -0.300 e. The Morgan fingerprint density at radius 3 is 2.28 bits per heavy atom. The summed E-state index contributed by atoms with van der Waals surface area (Å²) in [4.78, 5) is 43.1. The fourth-order valence-electron chi connectivity index (χ4n) is 4.36. The van der Waals surface area contributed by atoms with Crippen molar-refractivity contribution in [3.05, 3.63) is 46.4 Å². The maximum Gasteiger partial charge on any atom is 0.246 e. The number of anilines is 1. The molecule has 0 bridgehead atoms. The van der Waals surface area contributed by atoms with E-state index in [4.69, 9.17) is 0 Å². The Bertz CT molecular complexity index is 991. The molecule has 1 N–H and O–H groups in total. The maximum absolute atomic E-state index is 12.5. The van der Waals surface area contributed by atoms with Crippen LogP contribution in [0.25, 0.3) is 11.3 Å². The summed E-state index contributed by atoms with van der Waals surface area (Å²) >= 11 is 1.33. The highest BCUT2D eigenvalue weighted by molar-refractivity contribution is 7.14. The number of imide groups is 1. The Morgan fingerprint density at radius 1 is 1.10 bits per heavy atom. The highest BCUT2D eigenvalue weighted by Gasteiger charge is 2.47. The normalized spacial score (nSPS) is 20.9. The first-order chi connectivity index (χ1) is 13.8. The molecule has 0 radical (unpaired) electrons. The van der Waals surface area contributed by atoms with Gasteiger partial charge in [0.25, 0.3) is 0 Å². The number of aryl methyl sites for hydroxylation is 3. The van der Waals surface area contributed by atoms with Gasteiger partial charge in [-0.1, -0.05) is 29.8 Å². The van der Waals surface area contributed by atoms with E-state index < -0.39 is 5.91 Å². The summed E-state index contributed by atoms with van der Waals surface area (Å²) in [5.74, 6) is -1.54. The number of nitrogens with one attached hydrogen (secondary N) is 1. The zero-order valence-corrected chi connectivity index (χ0v) is 17.5. The van der Waals surface area contributed by atoms with Gasteiger partial charge in [0.1, 0.15) is 6.54 Å². The summed E-state index contributed by atoms with van der Waals surface area (Å²) in [6, 6.07) is 4.22. The largest absolute Gasteiger partial charge is 0.300 e. The van der Waals surface area contributed by atoms with Crippen molar-refractivity contribution >= 4 is 34.2 Å². The van der Waals surface area contributed by atoms with Crippen LogP contribution in [-0.4, -0.2) is 34.2 Å². The van der Waals surface area contributed by atoms with Crippen molar-refractivity contribution in [1.29, 1.82) is 0 Å². The van der Waals surface area contributed by atoms with Gasteiger partial charge in [-0.05, 0) is 44.7 Å². The summed E-state index contributed by atoms with van der Waals surface area (Å²) in [5, 5.41) is 5.11. The van der Waals surface area contributed by atoms with Crippen LogP contribution in [0.1, 0.15) is 29.5 Å². The Labute approximate surface area is 173 Å². The monoisotopic (exact) mass is 409 g/mol. The Morgan fingerprint density at radius 2 is 1.69 bits per heavy atom. The van der Waals surface area contributed by atoms with Gasteiger partial charge in [-0.15, -0.1) is 11.3 Å². The Hall–Kier alpha value is -2.80. The molecule has 6 nitrogen and oxygen atoms in total. The molecule has 29 heavy (non-hydrogen) atoms. The molecule has 1 aromatic carbocycles. The first-order valence-electron chi connectivity index (χ1n) is 9.69.